The molecule has 1 aromatic rings. The number of hydrogen-bond donors (Lipinski definition) is 2. The Labute approximate surface area is 124 Å². The van der Waals surface area contributed by atoms with E-state index in [1.54, 1.807) is 6.07 Å². The molecule has 1 aromatic carbocycles. The summed E-state index contributed by atoms with van der Waals surface area (Å²) in [5, 5.41) is 0.371. The van der Waals surface area contributed by atoms with Gasteiger partial charge in [-0.15, -0.1) is 0 Å². The third-order valence-electron chi connectivity index (χ3n) is 3.36. The zero-order chi connectivity index (χ0) is 14.8. The molecule has 5 nitrogen and oxygen atoms in total. The summed E-state index contributed by atoms with van der Waals surface area (Å²) in [6.45, 7) is 2.79. The Morgan fingerprint density at radius 1 is 1.50 bits per heavy atom. The molecular formula is C13H19ClN2O3S. The van der Waals surface area contributed by atoms with E-state index in [1.165, 1.54) is 12.1 Å². The molecule has 1 heterocycles. The number of rotatable bonds is 4. The second-order valence-corrected chi connectivity index (χ2v) is 7.10. The first kappa shape index (κ1) is 15.7. The Bertz CT molecular complexity index is 577. The maximum Gasteiger partial charge on any atom is 0.240 e. The van der Waals surface area contributed by atoms with Crippen LogP contribution in [0.1, 0.15) is 25.3 Å². The molecule has 20 heavy (non-hydrogen) atoms. The number of halogens is 1. The molecule has 1 aliphatic heterocycles. The highest BCUT2D eigenvalue weighted by Gasteiger charge is 2.25. The van der Waals surface area contributed by atoms with E-state index in [1.807, 2.05) is 6.92 Å². The highest BCUT2D eigenvalue weighted by molar-refractivity contribution is 7.89. The van der Waals surface area contributed by atoms with Gasteiger partial charge in [-0.25, -0.2) is 13.1 Å². The lowest BCUT2D eigenvalue weighted by Gasteiger charge is -2.27. The standard InChI is InChI=1S/C13H19ClN2O3S/c1-9-6-11(4-5-19-9)16-20(17,18)12-3-2-10(8-15)13(14)7-12/h2-3,7,9,11,16H,4-6,8,15H2,1H3. The second-order valence-electron chi connectivity index (χ2n) is 4.98. The maximum atomic E-state index is 12.3. The highest BCUT2D eigenvalue weighted by atomic mass is 35.5. The van der Waals surface area contributed by atoms with Gasteiger partial charge in [0, 0.05) is 24.2 Å². The first-order chi connectivity index (χ1) is 9.42. The molecule has 0 aliphatic carbocycles. The SMILES string of the molecule is CC1CC(NS(=O)(=O)c2ccc(CN)c(Cl)c2)CCO1. The lowest BCUT2D eigenvalue weighted by Crippen LogP contribution is -2.41. The van der Waals surface area contributed by atoms with Gasteiger partial charge in [0.2, 0.25) is 10.0 Å². The topological polar surface area (TPSA) is 81.4 Å². The van der Waals surface area contributed by atoms with Crippen molar-refractivity contribution in [1.29, 1.82) is 0 Å². The summed E-state index contributed by atoms with van der Waals surface area (Å²) in [6.07, 6.45) is 1.42. The largest absolute Gasteiger partial charge is 0.378 e. The minimum atomic E-state index is -3.56. The molecule has 0 bridgehead atoms. The minimum Gasteiger partial charge on any atom is -0.378 e. The summed E-state index contributed by atoms with van der Waals surface area (Å²) in [6, 6.07) is 4.51. The van der Waals surface area contributed by atoms with Crippen LogP contribution >= 0.6 is 11.6 Å². The lowest BCUT2D eigenvalue weighted by atomic mass is 10.1. The van der Waals surface area contributed by atoms with Crippen molar-refractivity contribution in [2.75, 3.05) is 6.61 Å². The Hall–Kier alpha value is -0.660. The zero-order valence-corrected chi connectivity index (χ0v) is 12.9. The van der Waals surface area contributed by atoms with Gasteiger partial charge < -0.3 is 10.5 Å². The van der Waals surface area contributed by atoms with Crippen molar-refractivity contribution in [2.45, 2.75) is 43.4 Å². The van der Waals surface area contributed by atoms with Crippen LogP contribution in [0.5, 0.6) is 0 Å². The van der Waals surface area contributed by atoms with Crippen molar-refractivity contribution >= 4 is 21.6 Å². The van der Waals surface area contributed by atoms with Crippen LogP contribution in [0.3, 0.4) is 0 Å². The van der Waals surface area contributed by atoms with E-state index < -0.39 is 10.0 Å². The molecule has 1 aliphatic rings. The van der Waals surface area contributed by atoms with Gasteiger partial charge in [0.15, 0.2) is 0 Å². The van der Waals surface area contributed by atoms with Crippen LogP contribution in [0.15, 0.2) is 23.1 Å². The summed E-state index contributed by atoms with van der Waals surface area (Å²) in [4.78, 5) is 0.166. The van der Waals surface area contributed by atoms with Crippen LogP contribution in [0.4, 0.5) is 0 Å². The number of sulfonamides is 1. The lowest BCUT2D eigenvalue weighted by molar-refractivity contribution is 0.0173. The molecule has 0 aromatic heterocycles. The van der Waals surface area contributed by atoms with Crippen LogP contribution in [-0.4, -0.2) is 27.2 Å². The monoisotopic (exact) mass is 318 g/mol. The van der Waals surface area contributed by atoms with Gasteiger partial charge in [-0.2, -0.15) is 0 Å². The molecule has 112 valence electrons. The molecule has 0 radical (unpaired) electrons. The first-order valence-electron chi connectivity index (χ1n) is 6.55. The Kier molecular flexibility index (Phi) is 5.04. The average Bonchev–Trinajstić information content (AvgIpc) is 2.38. The molecule has 3 N–H and O–H groups in total. The molecule has 0 saturated carbocycles. The zero-order valence-electron chi connectivity index (χ0n) is 11.3. The quantitative estimate of drug-likeness (QED) is 0.884. The molecule has 2 rings (SSSR count). The van der Waals surface area contributed by atoms with Crippen molar-refractivity contribution in [3.05, 3.63) is 28.8 Å². The van der Waals surface area contributed by atoms with Gasteiger partial charge >= 0.3 is 0 Å². The van der Waals surface area contributed by atoms with E-state index >= 15 is 0 Å². The van der Waals surface area contributed by atoms with Crippen molar-refractivity contribution in [3.8, 4) is 0 Å². The summed E-state index contributed by atoms with van der Waals surface area (Å²) in [5.74, 6) is 0. The van der Waals surface area contributed by atoms with Crippen molar-refractivity contribution in [1.82, 2.24) is 4.72 Å². The maximum absolute atomic E-state index is 12.3. The average molecular weight is 319 g/mol. The van der Waals surface area contributed by atoms with Gasteiger partial charge in [-0.05, 0) is 37.5 Å². The number of hydrogen-bond acceptors (Lipinski definition) is 4. The number of ether oxygens (including phenoxy) is 1. The van der Waals surface area contributed by atoms with Crippen LogP contribution in [0.2, 0.25) is 5.02 Å². The Morgan fingerprint density at radius 2 is 2.25 bits per heavy atom. The van der Waals surface area contributed by atoms with Gasteiger partial charge in [-0.1, -0.05) is 17.7 Å². The van der Waals surface area contributed by atoms with E-state index in [9.17, 15) is 8.42 Å². The third kappa shape index (κ3) is 3.71. The van der Waals surface area contributed by atoms with E-state index in [0.717, 1.165) is 5.56 Å². The predicted octanol–water partition coefficient (Wildman–Crippen LogP) is 1.64. The fourth-order valence-corrected chi connectivity index (χ4v) is 3.88. The summed E-state index contributed by atoms with van der Waals surface area (Å²) in [5.41, 5.74) is 6.24. The van der Waals surface area contributed by atoms with E-state index in [2.05, 4.69) is 4.72 Å². The first-order valence-corrected chi connectivity index (χ1v) is 8.41. The van der Waals surface area contributed by atoms with Crippen molar-refractivity contribution in [2.24, 2.45) is 5.73 Å². The molecule has 0 spiro atoms. The summed E-state index contributed by atoms with van der Waals surface area (Å²) < 4.78 is 32.8. The number of nitrogens with two attached hydrogens (primary N) is 1. The Morgan fingerprint density at radius 3 is 2.85 bits per heavy atom. The number of benzene rings is 1. The third-order valence-corrected chi connectivity index (χ3v) is 5.23. The van der Waals surface area contributed by atoms with Crippen molar-refractivity contribution < 1.29 is 13.2 Å². The highest BCUT2D eigenvalue weighted by Crippen LogP contribution is 2.22. The summed E-state index contributed by atoms with van der Waals surface area (Å²) >= 11 is 6.01. The van der Waals surface area contributed by atoms with Gasteiger partial charge in [-0.3, -0.25) is 0 Å². The van der Waals surface area contributed by atoms with E-state index in [0.29, 0.717) is 24.5 Å². The van der Waals surface area contributed by atoms with Crippen LogP contribution < -0.4 is 10.5 Å². The van der Waals surface area contributed by atoms with Crippen LogP contribution in [-0.2, 0) is 21.3 Å². The molecule has 1 fully saturated rings. The molecule has 2 atom stereocenters. The fourth-order valence-electron chi connectivity index (χ4n) is 2.25. The summed E-state index contributed by atoms with van der Waals surface area (Å²) in [7, 11) is -3.56. The number of nitrogens with one attached hydrogen (secondary N) is 1. The predicted molar refractivity (Wildman–Crippen MR) is 78.1 cm³/mol. The molecule has 1 saturated heterocycles. The Balaban J connectivity index is 2.15. The van der Waals surface area contributed by atoms with Gasteiger partial charge in [0.05, 0.1) is 11.0 Å². The molecular weight excluding hydrogens is 300 g/mol. The second kappa shape index (κ2) is 6.41. The van der Waals surface area contributed by atoms with Gasteiger partial charge in [0.25, 0.3) is 0 Å². The van der Waals surface area contributed by atoms with Crippen LogP contribution in [0.25, 0.3) is 0 Å². The fraction of sp³-hybridized carbons (Fsp3) is 0.538. The van der Waals surface area contributed by atoms with E-state index in [-0.39, 0.29) is 23.6 Å². The van der Waals surface area contributed by atoms with Gasteiger partial charge in [0.1, 0.15) is 0 Å². The molecule has 7 heteroatoms. The van der Waals surface area contributed by atoms with Crippen molar-refractivity contribution in [3.63, 3.8) is 0 Å². The molecule has 2 unspecified atom stereocenters. The van der Waals surface area contributed by atoms with E-state index in [4.69, 9.17) is 22.1 Å². The smallest absolute Gasteiger partial charge is 0.240 e. The van der Waals surface area contributed by atoms with Crippen LogP contribution in [0, 0.1) is 0 Å². The molecule has 0 amide bonds. The normalized spacial score (nSPS) is 23.8. The minimum absolute atomic E-state index is 0.0691.